The molecule has 10 nitrogen and oxygen atoms in total. The van der Waals surface area contributed by atoms with Crippen LogP contribution in [0.2, 0.25) is 0 Å². The lowest BCUT2D eigenvalue weighted by Gasteiger charge is -2.31. The number of rotatable bonds is 5. The van der Waals surface area contributed by atoms with Crippen LogP contribution in [0.3, 0.4) is 0 Å². The van der Waals surface area contributed by atoms with Gasteiger partial charge in [-0.3, -0.25) is 14.4 Å². The number of amides is 1. The average molecular weight is 510 g/mol. The third-order valence-corrected chi connectivity index (χ3v) is 5.90. The van der Waals surface area contributed by atoms with Crippen LogP contribution >= 0.6 is 0 Å². The Kier molecular flexibility index (Phi) is 4.94. The average Bonchev–Trinajstić information content (AvgIpc) is 3.41. The van der Waals surface area contributed by atoms with Gasteiger partial charge in [0.25, 0.3) is 6.43 Å². The van der Waals surface area contributed by atoms with Crippen LogP contribution in [0.15, 0.2) is 29.4 Å². The molecule has 36 heavy (non-hydrogen) atoms. The molecule has 0 unspecified atom stereocenters. The van der Waals surface area contributed by atoms with Gasteiger partial charge in [-0.25, -0.2) is 27.2 Å². The highest BCUT2D eigenvalue weighted by Crippen LogP contribution is 2.34. The number of nitrogens with one attached hydrogen (secondary N) is 1. The summed E-state index contributed by atoms with van der Waals surface area (Å²) >= 11 is 0. The van der Waals surface area contributed by atoms with Gasteiger partial charge >= 0.3 is 0 Å². The van der Waals surface area contributed by atoms with Crippen molar-refractivity contribution in [3.8, 4) is 17.0 Å². The number of hydrogen-bond donors (Lipinski definition) is 1. The van der Waals surface area contributed by atoms with Gasteiger partial charge < -0.3 is 9.64 Å². The minimum absolute atomic E-state index is 0.00176. The third kappa shape index (κ3) is 4.27. The van der Waals surface area contributed by atoms with E-state index in [1.54, 1.807) is 0 Å². The Balaban J connectivity index is 1.55. The van der Waals surface area contributed by atoms with Crippen LogP contribution in [0.5, 0.6) is 5.88 Å². The zero-order valence-electron chi connectivity index (χ0n) is 22.8. The highest BCUT2D eigenvalue weighted by Gasteiger charge is 2.30. The summed E-state index contributed by atoms with van der Waals surface area (Å²) in [4.78, 5) is 21.3. The lowest BCUT2D eigenvalue weighted by atomic mass is 10.0. The van der Waals surface area contributed by atoms with Crippen molar-refractivity contribution in [3.63, 3.8) is 0 Å². The molecule has 1 amide bonds. The molecular weight excluding hydrogens is 484 g/mol. The van der Waals surface area contributed by atoms with E-state index in [9.17, 15) is 18.0 Å². The second-order valence-electron chi connectivity index (χ2n) is 8.16. The van der Waals surface area contributed by atoms with Crippen LogP contribution in [-0.4, -0.2) is 79.2 Å². The molecule has 1 fully saturated rings. The van der Waals surface area contributed by atoms with Gasteiger partial charge in [0.05, 0.1) is 38.3 Å². The zero-order chi connectivity index (χ0) is 28.9. The van der Waals surface area contributed by atoms with Gasteiger partial charge in [0.2, 0.25) is 17.4 Å². The maximum Gasteiger partial charge on any atom is 0.258 e. The van der Waals surface area contributed by atoms with Crippen molar-refractivity contribution in [2.45, 2.75) is 38.5 Å². The number of ether oxygens (including phenoxy) is 1. The van der Waals surface area contributed by atoms with Crippen molar-refractivity contribution in [1.82, 2.24) is 34.5 Å². The molecule has 1 saturated heterocycles. The second kappa shape index (κ2) is 9.24. The van der Waals surface area contributed by atoms with Crippen LogP contribution in [0.4, 0.5) is 17.6 Å². The van der Waals surface area contributed by atoms with Crippen molar-refractivity contribution in [2.24, 2.45) is 4.99 Å². The van der Waals surface area contributed by atoms with Crippen LogP contribution in [0.1, 0.15) is 18.8 Å². The van der Waals surface area contributed by atoms with Gasteiger partial charge in [-0.2, -0.15) is 4.98 Å². The molecule has 190 valence electrons. The first kappa shape index (κ1) is 19.2. The summed E-state index contributed by atoms with van der Waals surface area (Å²) in [5.74, 6) is -2.28. The molecule has 0 bridgehead atoms. The van der Waals surface area contributed by atoms with Crippen LogP contribution in [0.25, 0.3) is 27.7 Å². The lowest BCUT2D eigenvalue weighted by Crippen LogP contribution is -2.46. The molecule has 0 radical (unpaired) electrons. The smallest absolute Gasteiger partial charge is 0.258 e. The van der Waals surface area contributed by atoms with Crippen molar-refractivity contribution in [1.29, 1.82) is 0 Å². The van der Waals surface area contributed by atoms with E-state index in [0.717, 1.165) is 14.1 Å². The van der Waals surface area contributed by atoms with E-state index in [4.69, 9.17) is 10.2 Å². The maximum absolute atomic E-state index is 15.5. The molecule has 0 spiro atoms. The van der Waals surface area contributed by atoms with E-state index in [2.05, 4.69) is 25.4 Å². The van der Waals surface area contributed by atoms with E-state index >= 15 is 4.39 Å². The molecule has 1 aliphatic rings. The lowest BCUT2D eigenvalue weighted by molar-refractivity contribution is -0.131. The highest BCUT2D eigenvalue weighted by atomic mass is 19.3. The first-order valence-electron chi connectivity index (χ1n) is 12.8. The molecule has 5 rings (SSSR count). The predicted octanol–water partition coefficient (Wildman–Crippen LogP) is 2.35. The Morgan fingerprint density at radius 3 is 3.00 bits per heavy atom. The zero-order valence-corrected chi connectivity index (χ0v) is 18.8. The second-order valence-corrected chi connectivity index (χ2v) is 8.16. The normalized spacial score (nSPS) is 21.1. The van der Waals surface area contributed by atoms with Crippen LogP contribution < -0.4 is 10.4 Å². The number of piperidine rings is 1. The van der Waals surface area contributed by atoms with E-state index in [0.29, 0.717) is 5.52 Å². The first-order chi connectivity index (χ1) is 18.9. The number of halogens is 4. The quantitative estimate of drug-likeness (QED) is 0.415. The number of H-pyrrole nitrogens is 1. The molecule has 1 N–H and O–H groups in total. The molecule has 4 heterocycles. The largest absolute Gasteiger partial charge is 0.479 e. The molecule has 0 saturated carbocycles. The van der Waals surface area contributed by atoms with Crippen LogP contribution in [-0.2, 0) is 11.3 Å². The number of carbonyl (C=O) groups is 1. The topological polar surface area (TPSA) is 106 Å². The minimum Gasteiger partial charge on any atom is -0.479 e. The van der Waals surface area contributed by atoms with Crippen LogP contribution in [0, 0.1) is 5.82 Å². The summed E-state index contributed by atoms with van der Waals surface area (Å²) in [7, 11) is 1.26. The van der Waals surface area contributed by atoms with E-state index in [1.165, 1.54) is 25.3 Å². The maximum atomic E-state index is 15.5. The number of benzene rings is 1. The number of nitrogens with zero attached hydrogens (tertiary/aromatic N) is 7. The van der Waals surface area contributed by atoms with E-state index in [1.807, 2.05) is 0 Å². The number of methoxy groups -OCH3 is 1. The van der Waals surface area contributed by atoms with Crippen molar-refractivity contribution < 1.29 is 32.6 Å². The molecule has 2 atom stereocenters. The number of aromatic nitrogens is 6. The summed E-state index contributed by atoms with van der Waals surface area (Å²) < 4.78 is 93.7. The van der Waals surface area contributed by atoms with Gasteiger partial charge in [0.15, 0.2) is 5.82 Å². The van der Waals surface area contributed by atoms with Gasteiger partial charge in [-0.1, -0.05) is 11.3 Å². The van der Waals surface area contributed by atoms with Gasteiger partial charge in [-0.15, -0.1) is 5.10 Å². The fourth-order valence-electron chi connectivity index (χ4n) is 4.22. The fraction of sp³-hybridized carbons (Fsp3) is 0.409. The summed E-state index contributed by atoms with van der Waals surface area (Å²) in [6.45, 7) is -4.13. The predicted molar refractivity (Wildman–Crippen MR) is 120 cm³/mol. The Labute approximate surface area is 206 Å². The van der Waals surface area contributed by atoms with Gasteiger partial charge in [0, 0.05) is 17.5 Å². The number of fused-ring (bicyclic) bond motifs is 2. The highest BCUT2D eigenvalue weighted by molar-refractivity contribution is 5.89. The minimum atomic E-state index is -2.89. The van der Waals surface area contributed by atoms with E-state index in [-0.39, 0.29) is 46.6 Å². The summed E-state index contributed by atoms with van der Waals surface area (Å²) in [6.07, 6.45) is -5.03. The van der Waals surface area contributed by atoms with Gasteiger partial charge in [0.1, 0.15) is 23.7 Å². The number of hydrogen-bond acceptors (Lipinski definition) is 6. The molecule has 0 aliphatic carbocycles. The number of carbonyl (C=O) groups excluding carboxylic acids is 1. The molecule has 4 aromatic rings. The number of likely N-dealkylation sites (tertiary alicyclic amines) is 1. The SMILES string of the molecule is [2H]c1c(F)c(-c2ccc3nnn(CC(F)F)c3c2)c2c(OC)nc(=N[C@H]3CCN(C(=O)C([2H])([2H])[2H])C[C@H]3F)[nH]n12. The van der Waals surface area contributed by atoms with Crippen molar-refractivity contribution in [3.05, 3.63) is 35.8 Å². The summed E-state index contributed by atoms with van der Waals surface area (Å²) in [5.41, 5.74) is 0.451. The molecule has 3 aromatic heterocycles. The van der Waals surface area contributed by atoms with Crippen molar-refractivity contribution >= 4 is 22.5 Å². The fourth-order valence-corrected chi connectivity index (χ4v) is 4.22. The van der Waals surface area contributed by atoms with E-state index < -0.39 is 56.5 Å². The van der Waals surface area contributed by atoms with Crippen molar-refractivity contribution in [2.75, 3.05) is 20.2 Å². The first-order valence-corrected chi connectivity index (χ1v) is 10.8. The Morgan fingerprint density at radius 1 is 1.44 bits per heavy atom. The Bertz CT molecular complexity index is 1670. The number of alkyl halides is 3. The molecule has 1 aromatic carbocycles. The Hall–Kier alpha value is -3.97. The third-order valence-electron chi connectivity index (χ3n) is 5.90. The van der Waals surface area contributed by atoms with Gasteiger partial charge in [-0.05, 0) is 24.1 Å². The number of aromatic amines is 1. The summed E-state index contributed by atoms with van der Waals surface area (Å²) in [6, 6.07) is 3.37. The molecular formula is C22H22F4N8O2. The molecule has 14 heteroatoms. The standard InChI is InChI=1S/C22H22F4N8O2/c1-11(35)32-6-5-15(13(23)8-32)27-22-28-21(36-2)20-19(14(24)9-34(20)30-22)12-3-4-16-17(7-12)33(31-29-16)10-18(25)26/h3-4,7,9,13,15,18H,5-6,8,10H2,1-2H3,(H,27,30)/t13-,15+/m1/s1/i1D3,9D. The summed E-state index contributed by atoms with van der Waals surface area (Å²) in [5, 5.41) is 10.2. The monoisotopic (exact) mass is 510 g/mol. The Morgan fingerprint density at radius 2 is 2.28 bits per heavy atom. The molecule has 1 aliphatic heterocycles.